The van der Waals surface area contributed by atoms with Crippen LogP contribution in [0.15, 0.2) is 18.2 Å². The Balaban J connectivity index is 2.84. The van der Waals surface area contributed by atoms with E-state index in [0.29, 0.717) is 5.56 Å². The number of aliphatic hydroxyl groups excluding tert-OH is 1. The molecule has 0 bridgehead atoms. The maximum Gasteiger partial charge on any atom is 0.251 e. The van der Waals surface area contributed by atoms with Gasteiger partial charge in [-0.05, 0) is 25.1 Å². The average Bonchev–Trinajstić information content (AvgIpc) is 2.29. The SMILES string of the molecule is COc1cc(C(=O)N[C@H](C)CO)ccc1F. The van der Waals surface area contributed by atoms with E-state index >= 15 is 0 Å². The Hall–Kier alpha value is -1.62. The summed E-state index contributed by atoms with van der Waals surface area (Å²) in [6.45, 7) is 1.52. The van der Waals surface area contributed by atoms with Crippen LogP contribution in [-0.2, 0) is 0 Å². The molecule has 0 radical (unpaired) electrons. The molecule has 0 spiro atoms. The first-order valence-corrected chi connectivity index (χ1v) is 4.83. The normalized spacial score (nSPS) is 12.0. The molecule has 1 aromatic carbocycles. The van der Waals surface area contributed by atoms with E-state index in [1.807, 2.05) is 0 Å². The summed E-state index contributed by atoms with van der Waals surface area (Å²) in [6, 6.07) is 3.49. The molecule has 0 saturated heterocycles. The van der Waals surface area contributed by atoms with E-state index < -0.39 is 5.82 Å². The van der Waals surface area contributed by atoms with Crippen LogP contribution in [0.5, 0.6) is 5.75 Å². The second-order valence-corrected chi connectivity index (χ2v) is 3.41. The van der Waals surface area contributed by atoms with Gasteiger partial charge in [-0.1, -0.05) is 0 Å². The van der Waals surface area contributed by atoms with Gasteiger partial charge in [0.2, 0.25) is 0 Å². The molecule has 88 valence electrons. The van der Waals surface area contributed by atoms with Gasteiger partial charge < -0.3 is 15.2 Å². The number of hydrogen-bond donors (Lipinski definition) is 2. The van der Waals surface area contributed by atoms with Crippen LogP contribution in [0.3, 0.4) is 0 Å². The third-order valence-corrected chi connectivity index (χ3v) is 2.06. The molecule has 4 nitrogen and oxygen atoms in total. The van der Waals surface area contributed by atoms with E-state index in [2.05, 4.69) is 5.32 Å². The smallest absolute Gasteiger partial charge is 0.251 e. The number of carbonyl (C=O) groups is 1. The molecule has 0 saturated carbocycles. The Bertz CT molecular complexity index is 381. The van der Waals surface area contributed by atoms with Crippen LogP contribution >= 0.6 is 0 Å². The van der Waals surface area contributed by atoms with Gasteiger partial charge >= 0.3 is 0 Å². The van der Waals surface area contributed by atoms with E-state index in [1.165, 1.54) is 19.2 Å². The van der Waals surface area contributed by atoms with Crippen LogP contribution in [0.2, 0.25) is 0 Å². The first-order chi connectivity index (χ1) is 7.58. The maximum atomic E-state index is 13.1. The van der Waals surface area contributed by atoms with Crippen molar-refractivity contribution in [1.29, 1.82) is 0 Å². The molecule has 0 unspecified atom stereocenters. The zero-order chi connectivity index (χ0) is 12.1. The van der Waals surface area contributed by atoms with Crippen LogP contribution in [0.1, 0.15) is 17.3 Å². The minimum Gasteiger partial charge on any atom is -0.494 e. The lowest BCUT2D eigenvalue weighted by Gasteiger charge is -2.11. The largest absolute Gasteiger partial charge is 0.494 e. The summed E-state index contributed by atoms with van der Waals surface area (Å²) < 4.78 is 17.8. The highest BCUT2D eigenvalue weighted by Gasteiger charge is 2.11. The lowest BCUT2D eigenvalue weighted by Crippen LogP contribution is -2.34. The molecule has 16 heavy (non-hydrogen) atoms. The van der Waals surface area contributed by atoms with E-state index in [-0.39, 0.29) is 24.3 Å². The maximum absolute atomic E-state index is 13.1. The summed E-state index contributed by atoms with van der Waals surface area (Å²) in [6.07, 6.45) is 0. The molecule has 2 N–H and O–H groups in total. The molecule has 1 amide bonds. The van der Waals surface area contributed by atoms with Crippen molar-refractivity contribution in [1.82, 2.24) is 5.32 Å². The molecule has 0 fully saturated rings. The molecule has 0 heterocycles. The fraction of sp³-hybridized carbons (Fsp3) is 0.364. The Kier molecular flexibility index (Phi) is 4.25. The molecular weight excluding hydrogens is 213 g/mol. The Morgan fingerprint density at radius 3 is 2.88 bits per heavy atom. The van der Waals surface area contributed by atoms with Crippen LogP contribution < -0.4 is 10.1 Å². The number of benzene rings is 1. The predicted molar refractivity (Wildman–Crippen MR) is 57.0 cm³/mol. The third-order valence-electron chi connectivity index (χ3n) is 2.06. The molecule has 1 aromatic rings. The molecule has 5 heteroatoms. The lowest BCUT2D eigenvalue weighted by molar-refractivity contribution is 0.0922. The van der Waals surface area contributed by atoms with Gasteiger partial charge in [0.15, 0.2) is 11.6 Å². The van der Waals surface area contributed by atoms with Gasteiger partial charge in [-0.25, -0.2) is 4.39 Å². The zero-order valence-corrected chi connectivity index (χ0v) is 9.16. The standard InChI is InChI=1S/C11H14FNO3/c1-7(6-14)13-11(15)8-3-4-9(12)10(5-8)16-2/h3-5,7,14H,6H2,1-2H3,(H,13,15)/t7-/m1/s1. The van der Waals surface area contributed by atoms with Gasteiger partial charge in [0.05, 0.1) is 13.7 Å². The second-order valence-electron chi connectivity index (χ2n) is 3.41. The molecule has 1 atom stereocenters. The Morgan fingerprint density at radius 2 is 2.31 bits per heavy atom. The Morgan fingerprint density at radius 1 is 1.62 bits per heavy atom. The minimum atomic E-state index is -0.519. The predicted octanol–water partition coefficient (Wildman–Crippen LogP) is 0.945. The molecule has 1 rings (SSSR count). The first-order valence-electron chi connectivity index (χ1n) is 4.83. The fourth-order valence-corrected chi connectivity index (χ4v) is 1.15. The monoisotopic (exact) mass is 227 g/mol. The van der Waals surface area contributed by atoms with Crippen LogP contribution in [-0.4, -0.2) is 30.8 Å². The van der Waals surface area contributed by atoms with E-state index in [0.717, 1.165) is 6.07 Å². The molecule has 0 aliphatic carbocycles. The van der Waals surface area contributed by atoms with Crippen molar-refractivity contribution in [3.05, 3.63) is 29.6 Å². The first kappa shape index (κ1) is 12.4. The average molecular weight is 227 g/mol. The Labute approximate surface area is 93.0 Å². The number of rotatable bonds is 4. The number of aliphatic hydroxyl groups is 1. The highest BCUT2D eigenvalue weighted by Crippen LogP contribution is 2.18. The molecule has 0 aromatic heterocycles. The van der Waals surface area contributed by atoms with Gasteiger partial charge in [-0.15, -0.1) is 0 Å². The van der Waals surface area contributed by atoms with E-state index in [4.69, 9.17) is 9.84 Å². The van der Waals surface area contributed by atoms with Crippen molar-refractivity contribution in [2.75, 3.05) is 13.7 Å². The summed E-state index contributed by atoms with van der Waals surface area (Å²) in [4.78, 5) is 11.6. The van der Waals surface area contributed by atoms with Crippen molar-refractivity contribution in [2.24, 2.45) is 0 Å². The number of amides is 1. The molecular formula is C11H14FNO3. The van der Waals surface area contributed by atoms with Gasteiger partial charge in [0, 0.05) is 11.6 Å². The number of ether oxygens (including phenoxy) is 1. The molecule has 0 aliphatic heterocycles. The number of hydrogen-bond acceptors (Lipinski definition) is 3. The zero-order valence-electron chi connectivity index (χ0n) is 9.16. The third kappa shape index (κ3) is 2.93. The number of carbonyl (C=O) groups excluding carboxylic acids is 1. The van der Waals surface area contributed by atoms with Gasteiger partial charge in [-0.3, -0.25) is 4.79 Å². The number of halogens is 1. The van der Waals surface area contributed by atoms with Crippen molar-refractivity contribution in [3.8, 4) is 5.75 Å². The van der Waals surface area contributed by atoms with Crippen molar-refractivity contribution in [2.45, 2.75) is 13.0 Å². The highest BCUT2D eigenvalue weighted by molar-refractivity contribution is 5.94. The van der Waals surface area contributed by atoms with Crippen LogP contribution in [0.4, 0.5) is 4.39 Å². The van der Waals surface area contributed by atoms with Crippen LogP contribution in [0, 0.1) is 5.82 Å². The summed E-state index contributed by atoms with van der Waals surface area (Å²) in [5.41, 5.74) is 0.290. The van der Waals surface area contributed by atoms with Crippen LogP contribution in [0.25, 0.3) is 0 Å². The highest BCUT2D eigenvalue weighted by atomic mass is 19.1. The van der Waals surface area contributed by atoms with Crippen molar-refractivity contribution in [3.63, 3.8) is 0 Å². The summed E-state index contributed by atoms with van der Waals surface area (Å²) >= 11 is 0. The van der Waals surface area contributed by atoms with Crippen molar-refractivity contribution < 1.29 is 19.0 Å². The topological polar surface area (TPSA) is 58.6 Å². The summed E-state index contributed by atoms with van der Waals surface area (Å²) in [5, 5.41) is 11.3. The number of nitrogens with one attached hydrogen (secondary N) is 1. The number of methoxy groups -OCH3 is 1. The summed E-state index contributed by atoms with van der Waals surface area (Å²) in [5.74, 6) is -0.876. The van der Waals surface area contributed by atoms with Crippen molar-refractivity contribution >= 4 is 5.91 Å². The van der Waals surface area contributed by atoms with E-state index in [1.54, 1.807) is 6.92 Å². The van der Waals surface area contributed by atoms with E-state index in [9.17, 15) is 9.18 Å². The van der Waals surface area contributed by atoms with Gasteiger partial charge in [-0.2, -0.15) is 0 Å². The lowest BCUT2D eigenvalue weighted by atomic mass is 10.2. The fourth-order valence-electron chi connectivity index (χ4n) is 1.15. The second kappa shape index (κ2) is 5.46. The minimum absolute atomic E-state index is 0.0179. The van der Waals surface area contributed by atoms with Gasteiger partial charge in [0.25, 0.3) is 5.91 Å². The van der Waals surface area contributed by atoms with Gasteiger partial charge in [0.1, 0.15) is 0 Å². The quantitative estimate of drug-likeness (QED) is 0.805. The molecule has 0 aliphatic rings. The summed E-state index contributed by atoms with van der Waals surface area (Å²) in [7, 11) is 1.33.